The van der Waals surface area contributed by atoms with E-state index in [2.05, 4.69) is 21.6 Å². The van der Waals surface area contributed by atoms with Gasteiger partial charge in [-0.05, 0) is 35.9 Å². The Bertz CT molecular complexity index is 857. The summed E-state index contributed by atoms with van der Waals surface area (Å²) in [4.78, 5) is 0. The van der Waals surface area contributed by atoms with Gasteiger partial charge in [0.1, 0.15) is 11.6 Å². The zero-order chi connectivity index (χ0) is 15.1. The SMILES string of the molecule is COc1ccc2c(c1)-c1[nH]nc(Nc3cccc(F)c3)c1C2. The molecular formula is C17H14FN3O. The van der Waals surface area contributed by atoms with E-state index in [1.54, 1.807) is 13.2 Å². The van der Waals surface area contributed by atoms with Crippen LogP contribution < -0.4 is 10.1 Å². The lowest BCUT2D eigenvalue weighted by molar-refractivity contribution is 0.415. The number of fused-ring (bicyclic) bond motifs is 3. The van der Waals surface area contributed by atoms with Gasteiger partial charge in [-0.3, -0.25) is 5.10 Å². The number of halogens is 1. The van der Waals surface area contributed by atoms with E-state index in [4.69, 9.17) is 4.74 Å². The van der Waals surface area contributed by atoms with Crippen molar-refractivity contribution in [1.29, 1.82) is 0 Å². The number of nitrogens with zero attached hydrogens (tertiary/aromatic N) is 1. The van der Waals surface area contributed by atoms with Gasteiger partial charge in [0.05, 0.1) is 12.8 Å². The molecular weight excluding hydrogens is 281 g/mol. The third-order valence-electron chi connectivity index (χ3n) is 3.91. The summed E-state index contributed by atoms with van der Waals surface area (Å²) in [7, 11) is 1.65. The Kier molecular flexibility index (Phi) is 2.85. The summed E-state index contributed by atoms with van der Waals surface area (Å²) in [6, 6.07) is 12.4. The number of aromatic nitrogens is 2. The number of anilines is 2. The van der Waals surface area contributed by atoms with Crippen LogP contribution in [0.15, 0.2) is 42.5 Å². The highest BCUT2D eigenvalue weighted by molar-refractivity contribution is 5.80. The van der Waals surface area contributed by atoms with Crippen LogP contribution in [-0.2, 0) is 6.42 Å². The van der Waals surface area contributed by atoms with Crippen LogP contribution in [0.2, 0.25) is 0 Å². The molecule has 4 rings (SSSR count). The lowest BCUT2D eigenvalue weighted by atomic mass is 10.1. The van der Waals surface area contributed by atoms with E-state index < -0.39 is 0 Å². The molecule has 0 saturated heterocycles. The minimum Gasteiger partial charge on any atom is -0.497 e. The first-order chi connectivity index (χ1) is 10.7. The van der Waals surface area contributed by atoms with Crippen LogP contribution in [0.5, 0.6) is 5.75 Å². The van der Waals surface area contributed by atoms with Gasteiger partial charge in [-0.1, -0.05) is 12.1 Å². The van der Waals surface area contributed by atoms with Crippen molar-refractivity contribution >= 4 is 11.5 Å². The second-order valence-electron chi connectivity index (χ2n) is 5.26. The lowest BCUT2D eigenvalue weighted by Gasteiger charge is -2.05. The number of benzene rings is 2. The van der Waals surface area contributed by atoms with E-state index >= 15 is 0 Å². The van der Waals surface area contributed by atoms with E-state index in [9.17, 15) is 4.39 Å². The van der Waals surface area contributed by atoms with Gasteiger partial charge in [0.15, 0.2) is 5.82 Å². The molecule has 1 aromatic heterocycles. The van der Waals surface area contributed by atoms with Gasteiger partial charge in [0, 0.05) is 23.2 Å². The van der Waals surface area contributed by atoms with Crippen LogP contribution >= 0.6 is 0 Å². The maximum Gasteiger partial charge on any atom is 0.156 e. The minimum atomic E-state index is -0.273. The number of hydrogen-bond donors (Lipinski definition) is 2. The maximum absolute atomic E-state index is 13.3. The van der Waals surface area contributed by atoms with Gasteiger partial charge in [-0.2, -0.15) is 5.10 Å². The number of hydrogen-bond acceptors (Lipinski definition) is 3. The van der Waals surface area contributed by atoms with Crippen LogP contribution in [-0.4, -0.2) is 17.3 Å². The first kappa shape index (κ1) is 12.9. The van der Waals surface area contributed by atoms with Crippen LogP contribution in [0.1, 0.15) is 11.1 Å². The first-order valence-electron chi connectivity index (χ1n) is 7.02. The molecule has 0 atom stereocenters. The van der Waals surface area contributed by atoms with E-state index in [1.165, 1.54) is 17.7 Å². The molecule has 4 nitrogen and oxygen atoms in total. The second kappa shape index (κ2) is 4.87. The van der Waals surface area contributed by atoms with E-state index in [1.807, 2.05) is 18.2 Å². The average molecular weight is 295 g/mol. The van der Waals surface area contributed by atoms with Crippen LogP contribution in [0.4, 0.5) is 15.9 Å². The molecule has 0 amide bonds. The fourth-order valence-corrected chi connectivity index (χ4v) is 2.83. The monoisotopic (exact) mass is 295 g/mol. The number of aromatic amines is 1. The van der Waals surface area contributed by atoms with E-state index in [0.717, 1.165) is 34.8 Å². The standard InChI is InChI=1S/C17H14FN3O/c1-22-13-6-5-10-7-15-16(14(10)9-13)20-21-17(15)19-12-4-2-3-11(18)8-12/h2-6,8-9H,7H2,1H3,(H2,19,20,21). The van der Waals surface area contributed by atoms with Crippen molar-refractivity contribution in [3.8, 4) is 17.0 Å². The van der Waals surface area contributed by atoms with Crippen molar-refractivity contribution in [2.75, 3.05) is 12.4 Å². The fourth-order valence-electron chi connectivity index (χ4n) is 2.83. The average Bonchev–Trinajstić information content (AvgIpc) is 3.07. The van der Waals surface area contributed by atoms with E-state index in [-0.39, 0.29) is 5.82 Å². The lowest BCUT2D eigenvalue weighted by Crippen LogP contribution is -1.95. The molecule has 0 radical (unpaired) electrons. The van der Waals surface area contributed by atoms with E-state index in [0.29, 0.717) is 5.69 Å². The van der Waals surface area contributed by atoms with Gasteiger partial charge in [-0.25, -0.2) is 4.39 Å². The molecule has 0 spiro atoms. The highest BCUT2D eigenvalue weighted by Gasteiger charge is 2.25. The molecule has 0 aliphatic heterocycles. The molecule has 5 heteroatoms. The molecule has 3 aromatic rings. The van der Waals surface area contributed by atoms with Crippen LogP contribution in [0.25, 0.3) is 11.3 Å². The van der Waals surface area contributed by atoms with Gasteiger partial charge >= 0.3 is 0 Å². The van der Waals surface area contributed by atoms with Gasteiger partial charge in [-0.15, -0.1) is 0 Å². The third kappa shape index (κ3) is 2.02. The van der Waals surface area contributed by atoms with Gasteiger partial charge < -0.3 is 10.1 Å². The molecule has 2 N–H and O–H groups in total. The molecule has 2 aromatic carbocycles. The number of H-pyrrole nitrogens is 1. The second-order valence-corrected chi connectivity index (χ2v) is 5.26. The number of rotatable bonds is 3. The van der Waals surface area contributed by atoms with Crippen molar-refractivity contribution in [3.05, 3.63) is 59.4 Å². The predicted octanol–water partition coefficient (Wildman–Crippen LogP) is 3.87. The van der Waals surface area contributed by atoms with Gasteiger partial charge in [0.25, 0.3) is 0 Å². The summed E-state index contributed by atoms with van der Waals surface area (Å²) >= 11 is 0. The zero-order valence-corrected chi connectivity index (χ0v) is 12.0. The van der Waals surface area contributed by atoms with Crippen LogP contribution in [0, 0.1) is 5.82 Å². The fraction of sp³-hybridized carbons (Fsp3) is 0.118. The molecule has 1 aliphatic carbocycles. The largest absolute Gasteiger partial charge is 0.497 e. The molecule has 1 heterocycles. The molecule has 1 aliphatic rings. The Morgan fingerprint density at radius 3 is 2.95 bits per heavy atom. The summed E-state index contributed by atoms with van der Waals surface area (Å²) in [6.07, 6.45) is 0.794. The molecule has 110 valence electrons. The molecule has 0 fully saturated rings. The molecule has 0 unspecified atom stereocenters. The topological polar surface area (TPSA) is 49.9 Å². The quantitative estimate of drug-likeness (QED) is 0.603. The smallest absolute Gasteiger partial charge is 0.156 e. The molecule has 22 heavy (non-hydrogen) atoms. The minimum absolute atomic E-state index is 0.273. The number of nitrogens with one attached hydrogen (secondary N) is 2. The Morgan fingerprint density at radius 1 is 1.23 bits per heavy atom. The van der Waals surface area contributed by atoms with Crippen molar-refractivity contribution in [3.63, 3.8) is 0 Å². The Balaban J connectivity index is 1.70. The van der Waals surface area contributed by atoms with Crippen molar-refractivity contribution in [2.45, 2.75) is 6.42 Å². The van der Waals surface area contributed by atoms with Crippen molar-refractivity contribution in [1.82, 2.24) is 10.2 Å². The number of methoxy groups -OCH3 is 1. The third-order valence-corrected chi connectivity index (χ3v) is 3.91. The maximum atomic E-state index is 13.3. The Morgan fingerprint density at radius 2 is 2.14 bits per heavy atom. The molecule has 0 bridgehead atoms. The molecule has 0 saturated carbocycles. The van der Waals surface area contributed by atoms with Crippen molar-refractivity contribution in [2.24, 2.45) is 0 Å². The Hall–Kier alpha value is -2.82. The highest BCUT2D eigenvalue weighted by atomic mass is 19.1. The predicted molar refractivity (Wildman–Crippen MR) is 83.1 cm³/mol. The Labute approximate surface area is 126 Å². The summed E-state index contributed by atoms with van der Waals surface area (Å²) in [6.45, 7) is 0. The summed E-state index contributed by atoms with van der Waals surface area (Å²) in [5, 5.41) is 10.6. The normalized spacial score (nSPS) is 11.9. The zero-order valence-electron chi connectivity index (χ0n) is 12.0. The summed E-state index contributed by atoms with van der Waals surface area (Å²) < 4.78 is 18.6. The summed E-state index contributed by atoms with van der Waals surface area (Å²) in [5.74, 6) is 1.28. The number of ether oxygens (including phenoxy) is 1. The van der Waals surface area contributed by atoms with Crippen molar-refractivity contribution < 1.29 is 9.13 Å². The highest BCUT2D eigenvalue weighted by Crippen LogP contribution is 2.40. The first-order valence-corrected chi connectivity index (χ1v) is 7.02. The summed E-state index contributed by atoms with van der Waals surface area (Å²) in [5.41, 5.74) is 5.10. The van der Waals surface area contributed by atoms with Crippen LogP contribution in [0.3, 0.4) is 0 Å². The van der Waals surface area contributed by atoms with Gasteiger partial charge in [0.2, 0.25) is 0 Å².